The molecule has 0 saturated carbocycles. The highest BCUT2D eigenvalue weighted by Crippen LogP contribution is 2.40. The van der Waals surface area contributed by atoms with E-state index in [1.54, 1.807) is 28.4 Å². The Balaban J connectivity index is 2.02. The maximum Gasteiger partial charge on any atom is 0.161 e. The van der Waals surface area contributed by atoms with Crippen LogP contribution in [0.5, 0.6) is 23.0 Å². The van der Waals surface area contributed by atoms with E-state index in [-0.39, 0.29) is 6.04 Å². The second-order valence-electron chi connectivity index (χ2n) is 5.33. The number of nitrogens with one attached hydrogen (secondary N) is 1. The maximum atomic E-state index is 5.43. The van der Waals surface area contributed by atoms with Crippen molar-refractivity contribution < 1.29 is 18.9 Å². The molecule has 122 valence electrons. The van der Waals surface area contributed by atoms with Crippen molar-refractivity contribution in [2.45, 2.75) is 12.6 Å². The summed E-state index contributed by atoms with van der Waals surface area (Å²) in [5, 5.41) is 3.52. The van der Waals surface area contributed by atoms with E-state index in [2.05, 4.69) is 5.32 Å². The van der Waals surface area contributed by atoms with Gasteiger partial charge in [0.25, 0.3) is 0 Å². The lowest BCUT2D eigenvalue weighted by atomic mass is 9.97. The molecule has 1 heterocycles. The Morgan fingerprint density at radius 3 is 2.04 bits per heavy atom. The molecule has 0 radical (unpaired) electrons. The molecule has 3 rings (SSSR count). The molecular weight excluding hydrogens is 294 g/mol. The van der Waals surface area contributed by atoms with Gasteiger partial charge in [0.2, 0.25) is 0 Å². The molecule has 2 aromatic carbocycles. The van der Waals surface area contributed by atoms with Crippen molar-refractivity contribution in [1.29, 1.82) is 0 Å². The first-order chi connectivity index (χ1) is 11.2. The topological polar surface area (TPSA) is 49.0 Å². The Morgan fingerprint density at radius 2 is 1.39 bits per heavy atom. The van der Waals surface area contributed by atoms with Crippen molar-refractivity contribution >= 4 is 0 Å². The van der Waals surface area contributed by atoms with E-state index in [9.17, 15) is 0 Å². The molecule has 0 bridgehead atoms. The van der Waals surface area contributed by atoms with Crippen LogP contribution in [0.1, 0.15) is 22.7 Å². The van der Waals surface area contributed by atoms with E-state index in [4.69, 9.17) is 18.9 Å². The van der Waals surface area contributed by atoms with Crippen LogP contribution in [0.3, 0.4) is 0 Å². The number of benzene rings is 2. The minimum Gasteiger partial charge on any atom is -0.493 e. The molecule has 1 unspecified atom stereocenters. The van der Waals surface area contributed by atoms with Gasteiger partial charge >= 0.3 is 0 Å². The van der Waals surface area contributed by atoms with Gasteiger partial charge in [-0.15, -0.1) is 0 Å². The average molecular weight is 315 g/mol. The largest absolute Gasteiger partial charge is 0.493 e. The molecule has 5 heteroatoms. The lowest BCUT2D eigenvalue weighted by Crippen LogP contribution is -2.13. The molecule has 0 saturated heterocycles. The van der Waals surface area contributed by atoms with Crippen LogP contribution in [0.2, 0.25) is 0 Å². The van der Waals surface area contributed by atoms with E-state index in [0.29, 0.717) is 0 Å². The van der Waals surface area contributed by atoms with E-state index >= 15 is 0 Å². The molecule has 1 aliphatic rings. The smallest absolute Gasteiger partial charge is 0.161 e. The highest BCUT2D eigenvalue weighted by atomic mass is 16.5. The van der Waals surface area contributed by atoms with Crippen LogP contribution in [-0.2, 0) is 6.54 Å². The Hall–Kier alpha value is -2.40. The summed E-state index contributed by atoms with van der Waals surface area (Å²) >= 11 is 0. The molecule has 0 aliphatic carbocycles. The first-order valence-corrected chi connectivity index (χ1v) is 7.42. The third kappa shape index (κ3) is 2.68. The fourth-order valence-corrected chi connectivity index (χ4v) is 3.01. The lowest BCUT2D eigenvalue weighted by Gasteiger charge is -2.17. The van der Waals surface area contributed by atoms with Gasteiger partial charge in [-0.25, -0.2) is 0 Å². The lowest BCUT2D eigenvalue weighted by molar-refractivity contribution is 0.353. The van der Waals surface area contributed by atoms with Gasteiger partial charge in [0, 0.05) is 6.54 Å². The summed E-state index contributed by atoms with van der Waals surface area (Å²) in [7, 11) is 6.58. The second kappa shape index (κ2) is 6.38. The predicted octanol–water partition coefficient (Wildman–Crippen LogP) is 2.91. The quantitative estimate of drug-likeness (QED) is 0.919. The summed E-state index contributed by atoms with van der Waals surface area (Å²) in [4.78, 5) is 0. The van der Waals surface area contributed by atoms with E-state index in [1.165, 1.54) is 11.1 Å². The van der Waals surface area contributed by atoms with Crippen molar-refractivity contribution in [3.8, 4) is 23.0 Å². The summed E-state index contributed by atoms with van der Waals surface area (Å²) in [6.07, 6.45) is 0. The Labute approximate surface area is 136 Å². The van der Waals surface area contributed by atoms with Crippen LogP contribution < -0.4 is 24.3 Å². The van der Waals surface area contributed by atoms with Crippen molar-refractivity contribution in [3.63, 3.8) is 0 Å². The maximum absolute atomic E-state index is 5.43. The number of hydrogen-bond acceptors (Lipinski definition) is 5. The third-order valence-electron chi connectivity index (χ3n) is 4.19. The van der Waals surface area contributed by atoms with Crippen molar-refractivity contribution in [2.24, 2.45) is 0 Å². The molecule has 0 aromatic heterocycles. The standard InChI is InChI=1S/C18H21NO4/c1-20-14-6-5-11(7-15(14)21-2)18-13-9-17(23-4)16(22-3)8-12(13)10-19-18/h5-9,18-19H,10H2,1-4H3. The zero-order chi connectivity index (χ0) is 16.4. The third-order valence-corrected chi connectivity index (χ3v) is 4.19. The summed E-state index contributed by atoms with van der Waals surface area (Å²) in [6, 6.07) is 10.1. The highest BCUT2D eigenvalue weighted by molar-refractivity contribution is 5.54. The minimum absolute atomic E-state index is 0.0876. The first-order valence-electron chi connectivity index (χ1n) is 7.42. The number of ether oxygens (including phenoxy) is 4. The van der Waals surface area contributed by atoms with Crippen LogP contribution in [-0.4, -0.2) is 28.4 Å². The summed E-state index contributed by atoms with van der Waals surface area (Å²) in [5.41, 5.74) is 3.52. The summed E-state index contributed by atoms with van der Waals surface area (Å²) in [5.74, 6) is 2.93. The fourth-order valence-electron chi connectivity index (χ4n) is 3.01. The van der Waals surface area contributed by atoms with Crippen LogP contribution >= 0.6 is 0 Å². The van der Waals surface area contributed by atoms with E-state index < -0.39 is 0 Å². The number of methoxy groups -OCH3 is 4. The number of fused-ring (bicyclic) bond motifs is 1. The molecule has 1 atom stereocenters. The van der Waals surface area contributed by atoms with Crippen molar-refractivity contribution in [3.05, 3.63) is 47.0 Å². The van der Waals surface area contributed by atoms with E-state index in [1.807, 2.05) is 30.3 Å². The molecule has 1 aliphatic heterocycles. The molecule has 1 N–H and O–H groups in total. The van der Waals surface area contributed by atoms with Gasteiger partial charge in [0.15, 0.2) is 23.0 Å². The summed E-state index contributed by atoms with van der Waals surface area (Å²) in [6.45, 7) is 0.786. The monoisotopic (exact) mass is 315 g/mol. The van der Waals surface area contributed by atoms with Crippen molar-refractivity contribution in [1.82, 2.24) is 5.32 Å². The zero-order valence-corrected chi connectivity index (χ0v) is 13.8. The van der Waals surface area contributed by atoms with E-state index in [0.717, 1.165) is 35.1 Å². The van der Waals surface area contributed by atoms with Crippen LogP contribution in [0, 0.1) is 0 Å². The van der Waals surface area contributed by atoms with Gasteiger partial charge in [-0.1, -0.05) is 6.07 Å². The Kier molecular flexibility index (Phi) is 4.30. The normalized spacial score (nSPS) is 15.9. The van der Waals surface area contributed by atoms with Gasteiger partial charge in [0.1, 0.15) is 0 Å². The molecule has 2 aromatic rings. The van der Waals surface area contributed by atoms with Gasteiger partial charge in [-0.2, -0.15) is 0 Å². The molecule has 0 spiro atoms. The van der Waals surface area contributed by atoms with Gasteiger partial charge in [-0.05, 0) is 41.0 Å². The van der Waals surface area contributed by atoms with Crippen LogP contribution in [0.4, 0.5) is 0 Å². The Morgan fingerprint density at radius 1 is 0.783 bits per heavy atom. The SMILES string of the molecule is COc1ccc(C2NCc3cc(OC)c(OC)cc32)cc1OC. The van der Waals surface area contributed by atoms with Gasteiger partial charge in [-0.3, -0.25) is 0 Å². The minimum atomic E-state index is 0.0876. The molecule has 0 fully saturated rings. The molecule has 5 nitrogen and oxygen atoms in total. The van der Waals surface area contributed by atoms with Gasteiger partial charge in [0.05, 0.1) is 34.5 Å². The fraction of sp³-hybridized carbons (Fsp3) is 0.333. The van der Waals surface area contributed by atoms with Crippen molar-refractivity contribution in [2.75, 3.05) is 28.4 Å². The Bertz CT molecular complexity index is 714. The average Bonchev–Trinajstić information content (AvgIpc) is 3.02. The highest BCUT2D eigenvalue weighted by Gasteiger charge is 2.26. The van der Waals surface area contributed by atoms with Crippen LogP contribution in [0.25, 0.3) is 0 Å². The number of rotatable bonds is 5. The first kappa shape index (κ1) is 15.5. The molecular formula is C18H21NO4. The molecule has 23 heavy (non-hydrogen) atoms. The number of hydrogen-bond donors (Lipinski definition) is 1. The molecule has 0 amide bonds. The van der Waals surface area contributed by atoms with Gasteiger partial charge < -0.3 is 24.3 Å². The zero-order valence-electron chi connectivity index (χ0n) is 13.8. The van der Waals surface area contributed by atoms with Crippen LogP contribution in [0.15, 0.2) is 30.3 Å². The summed E-state index contributed by atoms with van der Waals surface area (Å²) < 4.78 is 21.5. The second-order valence-corrected chi connectivity index (χ2v) is 5.33. The predicted molar refractivity (Wildman–Crippen MR) is 87.8 cm³/mol.